The lowest BCUT2D eigenvalue weighted by molar-refractivity contribution is 0.226. The molecule has 4 heterocycles. The Bertz CT molecular complexity index is 1290. The van der Waals surface area contributed by atoms with Gasteiger partial charge >= 0.3 is 0 Å². The summed E-state index contributed by atoms with van der Waals surface area (Å²) in [4.78, 5) is 5.63. The van der Waals surface area contributed by atoms with Crippen LogP contribution in [0.15, 0.2) is 71.9 Å². The number of fused-ring (bicyclic) bond motifs is 3. The molecule has 4 aromatic rings. The zero-order valence-electron chi connectivity index (χ0n) is 17.1. The van der Waals surface area contributed by atoms with E-state index in [0.717, 1.165) is 38.8 Å². The van der Waals surface area contributed by atoms with E-state index in [-0.39, 0.29) is 12.1 Å². The van der Waals surface area contributed by atoms with Gasteiger partial charge in [-0.1, -0.05) is 35.9 Å². The highest BCUT2D eigenvalue weighted by molar-refractivity contribution is 7.10. The van der Waals surface area contributed by atoms with Crippen molar-refractivity contribution in [2.24, 2.45) is 0 Å². The maximum Gasteiger partial charge on any atom is 0.226 e. The van der Waals surface area contributed by atoms with Gasteiger partial charge in [0.2, 0.25) is 5.95 Å². The third kappa shape index (κ3) is 2.84. The average molecular weight is 429 g/mol. The highest BCUT2D eigenvalue weighted by atomic mass is 32.1. The van der Waals surface area contributed by atoms with Crippen molar-refractivity contribution in [1.29, 1.82) is 0 Å². The largest absolute Gasteiger partial charge is 0.497 e. The second kappa shape index (κ2) is 6.99. The first kappa shape index (κ1) is 18.2. The standard InChI is InChI=1S/C24H20N4O2S/c1-14-5-7-15(8-6-14)22-20-21(27-24-25-13-26-28(22)24)17-12-16(29-2)9-10-18(17)30-23(20)19-4-3-11-31-19/h3-13,22-23H,1-2H3,(H,25,26,27)/t22-,23+/m1/s1. The van der Waals surface area contributed by atoms with Crippen LogP contribution in [0.3, 0.4) is 0 Å². The van der Waals surface area contributed by atoms with E-state index in [1.165, 1.54) is 5.56 Å². The molecule has 0 unspecified atom stereocenters. The van der Waals surface area contributed by atoms with Crippen LogP contribution in [0.2, 0.25) is 0 Å². The minimum absolute atomic E-state index is 0.138. The van der Waals surface area contributed by atoms with E-state index in [2.05, 4.69) is 64.1 Å². The van der Waals surface area contributed by atoms with Gasteiger partial charge in [-0.15, -0.1) is 11.3 Å². The monoisotopic (exact) mass is 428 g/mol. The molecule has 0 radical (unpaired) electrons. The molecule has 2 aliphatic heterocycles. The molecular weight excluding hydrogens is 408 g/mol. The summed E-state index contributed by atoms with van der Waals surface area (Å²) in [5.74, 6) is 2.32. The van der Waals surface area contributed by atoms with Crippen molar-refractivity contribution in [3.05, 3.63) is 93.4 Å². The van der Waals surface area contributed by atoms with Crippen molar-refractivity contribution < 1.29 is 9.47 Å². The molecule has 6 nitrogen and oxygen atoms in total. The normalized spacial score (nSPS) is 19.0. The first-order valence-electron chi connectivity index (χ1n) is 10.1. The van der Waals surface area contributed by atoms with Gasteiger partial charge in [0.15, 0.2) is 6.10 Å². The number of ether oxygens (including phenoxy) is 2. The summed E-state index contributed by atoms with van der Waals surface area (Å²) in [5.41, 5.74) is 5.45. The van der Waals surface area contributed by atoms with Crippen molar-refractivity contribution in [2.45, 2.75) is 19.1 Å². The Balaban J connectivity index is 1.63. The molecule has 0 aliphatic carbocycles. The Morgan fingerprint density at radius 2 is 2.00 bits per heavy atom. The van der Waals surface area contributed by atoms with Gasteiger partial charge in [-0.3, -0.25) is 0 Å². The van der Waals surface area contributed by atoms with Gasteiger partial charge in [0.25, 0.3) is 0 Å². The predicted molar refractivity (Wildman–Crippen MR) is 121 cm³/mol. The lowest BCUT2D eigenvalue weighted by atomic mass is 9.86. The Morgan fingerprint density at radius 1 is 1.13 bits per heavy atom. The molecule has 0 bridgehead atoms. The first-order valence-corrected chi connectivity index (χ1v) is 11.0. The van der Waals surface area contributed by atoms with Gasteiger partial charge in [0.05, 0.1) is 12.8 Å². The summed E-state index contributed by atoms with van der Waals surface area (Å²) < 4.78 is 14.1. The maximum absolute atomic E-state index is 6.61. The highest BCUT2D eigenvalue weighted by Crippen LogP contribution is 2.51. The van der Waals surface area contributed by atoms with E-state index in [9.17, 15) is 0 Å². The molecule has 0 saturated carbocycles. The maximum atomic E-state index is 6.61. The Labute approximate surface area is 183 Å². The van der Waals surface area contributed by atoms with Crippen molar-refractivity contribution >= 4 is 23.0 Å². The van der Waals surface area contributed by atoms with E-state index in [0.29, 0.717) is 5.95 Å². The zero-order valence-corrected chi connectivity index (χ0v) is 17.9. The van der Waals surface area contributed by atoms with Crippen LogP contribution >= 0.6 is 11.3 Å². The van der Waals surface area contributed by atoms with Crippen molar-refractivity contribution in [2.75, 3.05) is 12.4 Å². The number of hydrogen-bond donors (Lipinski definition) is 1. The summed E-state index contributed by atoms with van der Waals surface area (Å²) in [5, 5.41) is 10.2. The molecule has 2 aromatic carbocycles. The number of nitrogens with one attached hydrogen (secondary N) is 1. The van der Waals surface area contributed by atoms with Crippen molar-refractivity contribution in [3.63, 3.8) is 0 Å². The fourth-order valence-electron chi connectivity index (χ4n) is 4.32. The molecule has 31 heavy (non-hydrogen) atoms. The third-order valence-electron chi connectivity index (χ3n) is 5.82. The molecule has 7 heteroatoms. The van der Waals surface area contributed by atoms with Crippen LogP contribution < -0.4 is 14.8 Å². The Hall–Kier alpha value is -3.58. The van der Waals surface area contributed by atoms with E-state index in [4.69, 9.17) is 9.47 Å². The second-order valence-electron chi connectivity index (χ2n) is 7.67. The number of benzene rings is 2. The molecular formula is C24H20N4O2S. The minimum Gasteiger partial charge on any atom is -0.497 e. The number of thiophene rings is 1. The fraction of sp³-hybridized carbons (Fsp3) is 0.167. The lowest BCUT2D eigenvalue weighted by Gasteiger charge is -2.38. The highest BCUT2D eigenvalue weighted by Gasteiger charge is 2.41. The zero-order chi connectivity index (χ0) is 20.9. The lowest BCUT2D eigenvalue weighted by Crippen LogP contribution is -2.32. The second-order valence-corrected chi connectivity index (χ2v) is 8.65. The Morgan fingerprint density at radius 3 is 2.77 bits per heavy atom. The molecule has 0 spiro atoms. The number of anilines is 1. The summed E-state index contributed by atoms with van der Waals surface area (Å²) in [7, 11) is 1.68. The van der Waals surface area contributed by atoms with E-state index >= 15 is 0 Å². The number of methoxy groups -OCH3 is 1. The summed E-state index contributed by atoms with van der Waals surface area (Å²) >= 11 is 1.69. The van der Waals surface area contributed by atoms with Crippen LogP contribution in [-0.2, 0) is 0 Å². The van der Waals surface area contributed by atoms with Gasteiger partial charge in [-0.2, -0.15) is 10.1 Å². The number of rotatable bonds is 3. The summed E-state index contributed by atoms with van der Waals surface area (Å²) in [6.07, 6.45) is 1.36. The van der Waals surface area contributed by atoms with Crippen LogP contribution in [0.4, 0.5) is 5.95 Å². The molecule has 2 aromatic heterocycles. The minimum atomic E-state index is -0.230. The van der Waals surface area contributed by atoms with Gasteiger partial charge in [0.1, 0.15) is 23.9 Å². The molecule has 0 fully saturated rings. The number of aromatic nitrogens is 3. The van der Waals surface area contributed by atoms with Gasteiger partial charge in [-0.05, 0) is 42.1 Å². The van der Waals surface area contributed by atoms with Gasteiger partial charge in [0, 0.05) is 16.0 Å². The van der Waals surface area contributed by atoms with E-state index in [1.54, 1.807) is 24.8 Å². The number of nitrogens with zero attached hydrogens (tertiary/aromatic N) is 3. The van der Waals surface area contributed by atoms with Crippen LogP contribution in [0.5, 0.6) is 11.5 Å². The van der Waals surface area contributed by atoms with Crippen LogP contribution in [0.25, 0.3) is 5.70 Å². The molecule has 6 rings (SSSR count). The quantitative estimate of drug-likeness (QED) is 0.485. The van der Waals surface area contributed by atoms with Crippen LogP contribution in [-0.4, -0.2) is 21.9 Å². The molecule has 2 aliphatic rings. The topological polar surface area (TPSA) is 61.2 Å². The fourth-order valence-corrected chi connectivity index (χ4v) is 5.09. The molecule has 2 atom stereocenters. The predicted octanol–water partition coefficient (Wildman–Crippen LogP) is 5.22. The van der Waals surface area contributed by atoms with Crippen molar-refractivity contribution in [3.8, 4) is 11.5 Å². The van der Waals surface area contributed by atoms with Crippen LogP contribution in [0.1, 0.15) is 33.7 Å². The molecule has 1 N–H and O–H groups in total. The third-order valence-corrected chi connectivity index (χ3v) is 6.73. The van der Waals surface area contributed by atoms with Crippen molar-refractivity contribution in [1.82, 2.24) is 14.8 Å². The smallest absolute Gasteiger partial charge is 0.226 e. The molecule has 154 valence electrons. The molecule has 0 saturated heterocycles. The number of aryl methyl sites for hydroxylation is 1. The number of hydrogen-bond acceptors (Lipinski definition) is 6. The summed E-state index contributed by atoms with van der Waals surface area (Å²) in [6.45, 7) is 2.10. The van der Waals surface area contributed by atoms with Crippen LogP contribution in [0, 0.1) is 6.92 Å². The van der Waals surface area contributed by atoms with E-state index < -0.39 is 0 Å². The first-order chi connectivity index (χ1) is 15.2. The average Bonchev–Trinajstić information content (AvgIpc) is 3.49. The van der Waals surface area contributed by atoms with Gasteiger partial charge < -0.3 is 14.8 Å². The van der Waals surface area contributed by atoms with Gasteiger partial charge in [-0.25, -0.2) is 4.68 Å². The Kier molecular flexibility index (Phi) is 4.11. The SMILES string of the molecule is COc1ccc2c(c1)C1=C([C@H](c3cccs3)O2)[C@@H](c2ccc(C)cc2)n2ncnc2N1. The molecule has 0 amide bonds. The summed E-state index contributed by atoms with van der Waals surface area (Å²) in [6, 6.07) is 18.6. The van der Waals surface area contributed by atoms with E-state index in [1.807, 2.05) is 22.9 Å².